The molecule has 0 aromatic heterocycles. The molecule has 0 unspecified atom stereocenters. The normalized spacial score (nSPS) is 15.1. The number of rotatable bonds is 8. The van der Waals surface area contributed by atoms with Crippen molar-refractivity contribution in [3.05, 3.63) is 63.1 Å². The third-order valence-electron chi connectivity index (χ3n) is 5.68. The molecule has 2 amide bonds. The van der Waals surface area contributed by atoms with E-state index in [1.54, 1.807) is 49.4 Å². The van der Waals surface area contributed by atoms with Crippen LogP contribution in [0.4, 0.5) is 0 Å². The van der Waals surface area contributed by atoms with E-state index in [1.807, 2.05) is 0 Å². The predicted octanol–water partition coefficient (Wildman–Crippen LogP) is 5.89. The Kier molecular flexibility index (Phi) is 9.09. The standard InChI is InChI=1S/C24H27Cl3N2O3/c1-16(24(31)28-18-6-3-2-4-7-18)29(14-20-21(26)8-5-9-22(20)27)23(30)15-32-19-12-10-17(25)11-13-19/h5,8-13,16,18H,2-4,6-7,14-15H2,1H3,(H,28,31)/t16-/m1/s1. The van der Waals surface area contributed by atoms with Crippen LogP contribution in [0, 0.1) is 0 Å². The fourth-order valence-electron chi connectivity index (χ4n) is 3.76. The van der Waals surface area contributed by atoms with Crippen LogP contribution in [0.25, 0.3) is 0 Å². The molecule has 1 aliphatic rings. The number of carbonyl (C=O) groups excluding carboxylic acids is 2. The third-order valence-corrected chi connectivity index (χ3v) is 6.65. The van der Waals surface area contributed by atoms with Crippen molar-refractivity contribution in [2.75, 3.05) is 6.61 Å². The zero-order valence-corrected chi connectivity index (χ0v) is 20.2. The molecule has 1 atom stereocenters. The number of halogens is 3. The quantitative estimate of drug-likeness (QED) is 0.494. The number of amides is 2. The molecule has 172 valence electrons. The molecule has 1 saturated carbocycles. The van der Waals surface area contributed by atoms with Crippen molar-refractivity contribution in [1.82, 2.24) is 10.2 Å². The lowest BCUT2D eigenvalue weighted by molar-refractivity contribution is -0.142. The van der Waals surface area contributed by atoms with Gasteiger partial charge in [0.1, 0.15) is 11.8 Å². The molecular formula is C24H27Cl3N2O3. The highest BCUT2D eigenvalue weighted by molar-refractivity contribution is 6.36. The van der Waals surface area contributed by atoms with Gasteiger partial charge >= 0.3 is 0 Å². The first kappa shape index (κ1) is 24.7. The monoisotopic (exact) mass is 496 g/mol. The highest BCUT2D eigenvalue weighted by atomic mass is 35.5. The first-order chi connectivity index (χ1) is 15.3. The smallest absolute Gasteiger partial charge is 0.261 e. The first-order valence-corrected chi connectivity index (χ1v) is 11.9. The Morgan fingerprint density at radius 1 is 1.03 bits per heavy atom. The Hall–Kier alpha value is -1.95. The zero-order chi connectivity index (χ0) is 23.1. The van der Waals surface area contributed by atoms with Gasteiger partial charge in [-0.2, -0.15) is 0 Å². The van der Waals surface area contributed by atoms with E-state index in [0.717, 1.165) is 25.7 Å². The zero-order valence-electron chi connectivity index (χ0n) is 18.0. The Morgan fingerprint density at radius 3 is 2.28 bits per heavy atom. The molecule has 2 aromatic rings. The Morgan fingerprint density at radius 2 is 1.66 bits per heavy atom. The maximum Gasteiger partial charge on any atom is 0.261 e. The first-order valence-electron chi connectivity index (χ1n) is 10.8. The largest absolute Gasteiger partial charge is 0.484 e. The molecule has 2 aromatic carbocycles. The lowest BCUT2D eigenvalue weighted by Gasteiger charge is -2.31. The highest BCUT2D eigenvalue weighted by Gasteiger charge is 2.29. The number of hydrogen-bond donors (Lipinski definition) is 1. The summed E-state index contributed by atoms with van der Waals surface area (Å²) >= 11 is 18.6. The van der Waals surface area contributed by atoms with Crippen molar-refractivity contribution in [3.8, 4) is 5.75 Å². The maximum absolute atomic E-state index is 13.2. The SMILES string of the molecule is C[C@H](C(=O)NC1CCCCC1)N(Cc1c(Cl)cccc1Cl)C(=O)COc1ccc(Cl)cc1. The number of nitrogens with one attached hydrogen (secondary N) is 1. The summed E-state index contributed by atoms with van der Waals surface area (Å²) in [5.74, 6) is -0.0278. The predicted molar refractivity (Wildman–Crippen MR) is 128 cm³/mol. The summed E-state index contributed by atoms with van der Waals surface area (Å²) in [5, 5.41) is 4.55. The molecule has 1 N–H and O–H groups in total. The fourth-order valence-corrected chi connectivity index (χ4v) is 4.41. The maximum atomic E-state index is 13.2. The van der Waals surface area contributed by atoms with Gasteiger partial charge in [0, 0.05) is 33.2 Å². The molecule has 8 heteroatoms. The minimum atomic E-state index is -0.717. The average molecular weight is 498 g/mol. The Labute approximate surface area is 204 Å². The van der Waals surface area contributed by atoms with Crippen LogP contribution in [0.5, 0.6) is 5.75 Å². The van der Waals surface area contributed by atoms with Gasteiger partial charge in [-0.05, 0) is 56.2 Å². The Balaban J connectivity index is 1.75. The summed E-state index contributed by atoms with van der Waals surface area (Å²) in [6, 6.07) is 11.3. The molecule has 0 spiro atoms. The van der Waals surface area contributed by atoms with Crippen molar-refractivity contribution in [1.29, 1.82) is 0 Å². The van der Waals surface area contributed by atoms with Gasteiger partial charge in [-0.3, -0.25) is 9.59 Å². The van der Waals surface area contributed by atoms with E-state index in [4.69, 9.17) is 39.5 Å². The van der Waals surface area contributed by atoms with Gasteiger partial charge in [-0.25, -0.2) is 0 Å². The van der Waals surface area contributed by atoms with Gasteiger partial charge in [0.05, 0.1) is 0 Å². The summed E-state index contributed by atoms with van der Waals surface area (Å²) in [5.41, 5.74) is 0.591. The van der Waals surface area contributed by atoms with Crippen molar-refractivity contribution >= 4 is 46.6 Å². The van der Waals surface area contributed by atoms with Gasteiger partial charge in [-0.1, -0.05) is 60.1 Å². The Bertz CT molecular complexity index is 910. The van der Waals surface area contributed by atoms with Crippen LogP contribution in [0.2, 0.25) is 15.1 Å². The minimum Gasteiger partial charge on any atom is -0.484 e. The lowest BCUT2D eigenvalue weighted by atomic mass is 9.95. The highest BCUT2D eigenvalue weighted by Crippen LogP contribution is 2.27. The fraction of sp³-hybridized carbons (Fsp3) is 0.417. The van der Waals surface area contributed by atoms with E-state index in [-0.39, 0.29) is 31.0 Å². The van der Waals surface area contributed by atoms with E-state index in [2.05, 4.69) is 5.32 Å². The van der Waals surface area contributed by atoms with Crippen LogP contribution in [0.1, 0.15) is 44.6 Å². The van der Waals surface area contributed by atoms with Gasteiger partial charge < -0.3 is 15.0 Å². The number of nitrogens with zero attached hydrogens (tertiary/aromatic N) is 1. The van der Waals surface area contributed by atoms with Crippen molar-refractivity contribution in [3.63, 3.8) is 0 Å². The number of carbonyl (C=O) groups is 2. The molecule has 5 nitrogen and oxygen atoms in total. The summed E-state index contributed by atoms with van der Waals surface area (Å²) in [7, 11) is 0. The molecular weight excluding hydrogens is 471 g/mol. The van der Waals surface area contributed by atoms with Crippen LogP contribution in [-0.4, -0.2) is 35.4 Å². The van der Waals surface area contributed by atoms with E-state index in [9.17, 15) is 9.59 Å². The number of benzene rings is 2. The van der Waals surface area contributed by atoms with Crippen LogP contribution in [0.3, 0.4) is 0 Å². The molecule has 3 rings (SSSR count). The van der Waals surface area contributed by atoms with Crippen molar-refractivity contribution in [2.24, 2.45) is 0 Å². The van der Waals surface area contributed by atoms with E-state index in [0.29, 0.717) is 26.4 Å². The second-order valence-corrected chi connectivity index (χ2v) is 9.23. The molecule has 0 saturated heterocycles. The van der Waals surface area contributed by atoms with Gasteiger partial charge in [0.15, 0.2) is 6.61 Å². The van der Waals surface area contributed by atoms with Crippen LogP contribution in [0.15, 0.2) is 42.5 Å². The van der Waals surface area contributed by atoms with Gasteiger partial charge in [0.25, 0.3) is 5.91 Å². The average Bonchev–Trinajstić information content (AvgIpc) is 2.78. The topological polar surface area (TPSA) is 58.6 Å². The summed E-state index contributed by atoms with van der Waals surface area (Å²) in [6.45, 7) is 1.58. The molecule has 0 bridgehead atoms. The second-order valence-electron chi connectivity index (χ2n) is 7.98. The van der Waals surface area contributed by atoms with Crippen LogP contribution >= 0.6 is 34.8 Å². The molecule has 1 fully saturated rings. The minimum absolute atomic E-state index is 0.0978. The molecule has 0 radical (unpaired) electrons. The van der Waals surface area contributed by atoms with Gasteiger partial charge in [0.2, 0.25) is 5.91 Å². The summed E-state index contributed by atoms with van der Waals surface area (Å²) in [6.07, 6.45) is 5.32. The number of hydrogen-bond acceptors (Lipinski definition) is 3. The van der Waals surface area contributed by atoms with E-state index >= 15 is 0 Å². The molecule has 0 heterocycles. The third kappa shape index (κ3) is 6.77. The van der Waals surface area contributed by atoms with E-state index < -0.39 is 6.04 Å². The van der Waals surface area contributed by atoms with Crippen LogP contribution < -0.4 is 10.1 Å². The molecule has 0 aliphatic heterocycles. The molecule has 1 aliphatic carbocycles. The van der Waals surface area contributed by atoms with Gasteiger partial charge in [-0.15, -0.1) is 0 Å². The van der Waals surface area contributed by atoms with Crippen molar-refractivity contribution in [2.45, 2.75) is 57.7 Å². The van der Waals surface area contributed by atoms with E-state index in [1.165, 1.54) is 11.3 Å². The number of ether oxygens (including phenoxy) is 1. The second kappa shape index (κ2) is 11.8. The summed E-state index contributed by atoms with van der Waals surface area (Å²) in [4.78, 5) is 27.6. The lowest BCUT2D eigenvalue weighted by Crippen LogP contribution is -2.51. The van der Waals surface area contributed by atoms with Crippen molar-refractivity contribution < 1.29 is 14.3 Å². The summed E-state index contributed by atoms with van der Waals surface area (Å²) < 4.78 is 5.63. The van der Waals surface area contributed by atoms with Crippen LogP contribution in [-0.2, 0) is 16.1 Å². The molecule has 32 heavy (non-hydrogen) atoms.